The van der Waals surface area contributed by atoms with Gasteiger partial charge in [0.1, 0.15) is 0 Å². The summed E-state index contributed by atoms with van der Waals surface area (Å²) in [5.41, 5.74) is 7.46. The van der Waals surface area contributed by atoms with Gasteiger partial charge in [-0.15, -0.1) is 0 Å². The number of hydrogen-bond donors (Lipinski definition) is 4. The molecule has 1 aliphatic rings. The molecule has 0 saturated carbocycles. The predicted molar refractivity (Wildman–Crippen MR) is 77.2 cm³/mol. The van der Waals surface area contributed by atoms with E-state index in [1.54, 1.807) is 0 Å². The van der Waals surface area contributed by atoms with E-state index in [4.69, 9.17) is 5.73 Å². The molecule has 1 fully saturated rings. The SMILES string of the molecule is CC(N)c1cccc(NC(=O)NCC2CCC(=O)N2)c1. The van der Waals surface area contributed by atoms with E-state index in [0.717, 1.165) is 12.0 Å². The largest absolute Gasteiger partial charge is 0.352 e. The molecule has 0 aromatic heterocycles. The highest BCUT2D eigenvalue weighted by atomic mass is 16.2. The number of rotatable bonds is 4. The molecule has 1 aromatic carbocycles. The normalized spacial score (nSPS) is 19.3. The van der Waals surface area contributed by atoms with Gasteiger partial charge in [0, 0.05) is 30.7 Å². The third kappa shape index (κ3) is 3.96. The molecular weight excluding hydrogens is 256 g/mol. The summed E-state index contributed by atoms with van der Waals surface area (Å²) in [4.78, 5) is 22.8. The Labute approximate surface area is 118 Å². The van der Waals surface area contributed by atoms with E-state index in [1.807, 2.05) is 31.2 Å². The Morgan fingerprint density at radius 2 is 2.35 bits per heavy atom. The average Bonchev–Trinajstić information content (AvgIpc) is 2.82. The van der Waals surface area contributed by atoms with E-state index in [-0.39, 0.29) is 24.0 Å². The summed E-state index contributed by atoms with van der Waals surface area (Å²) >= 11 is 0. The molecule has 2 unspecified atom stereocenters. The van der Waals surface area contributed by atoms with Crippen LogP contribution in [0.15, 0.2) is 24.3 Å². The molecule has 108 valence electrons. The fraction of sp³-hybridized carbons (Fsp3) is 0.429. The van der Waals surface area contributed by atoms with Crippen molar-refractivity contribution < 1.29 is 9.59 Å². The van der Waals surface area contributed by atoms with Gasteiger partial charge in [-0.1, -0.05) is 12.1 Å². The number of nitrogens with one attached hydrogen (secondary N) is 3. The second kappa shape index (κ2) is 6.38. The monoisotopic (exact) mass is 276 g/mol. The topological polar surface area (TPSA) is 96.2 Å². The Morgan fingerprint density at radius 1 is 1.55 bits per heavy atom. The number of amides is 3. The molecule has 1 aromatic rings. The lowest BCUT2D eigenvalue weighted by molar-refractivity contribution is -0.119. The van der Waals surface area contributed by atoms with E-state index in [1.165, 1.54) is 0 Å². The maximum absolute atomic E-state index is 11.8. The summed E-state index contributed by atoms with van der Waals surface area (Å²) in [5.74, 6) is 0.0434. The van der Waals surface area contributed by atoms with Gasteiger partial charge in [0.25, 0.3) is 0 Å². The number of carbonyl (C=O) groups excluding carboxylic acids is 2. The van der Waals surface area contributed by atoms with Gasteiger partial charge in [-0.2, -0.15) is 0 Å². The van der Waals surface area contributed by atoms with Crippen molar-refractivity contribution in [2.24, 2.45) is 5.73 Å². The van der Waals surface area contributed by atoms with Gasteiger partial charge >= 0.3 is 6.03 Å². The van der Waals surface area contributed by atoms with Crippen molar-refractivity contribution in [3.8, 4) is 0 Å². The minimum absolute atomic E-state index is 0.0312. The molecule has 20 heavy (non-hydrogen) atoms. The number of carbonyl (C=O) groups is 2. The summed E-state index contributed by atoms with van der Waals surface area (Å²) in [6.07, 6.45) is 1.30. The Kier molecular flexibility index (Phi) is 4.57. The minimum Gasteiger partial charge on any atom is -0.352 e. The number of benzene rings is 1. The molecule has 0 aliphatic carbocycles. The number of urea groups is 1. The zero-order chi connectivity index (χ0) is 14.5. The second-order valence-corrected chi connectivity index (χ2v) is 5.05. The minimum atomic E-state index is -0.284. The third-order valence-electron chi connectivity index (χ3n) is 3.26. The van der Waals surface area contributed by atoms with Crippen LogP contribution in [0.2, 0.25) is 0 Å². The molecule has 0 bridgehead atoms. The van der Waals surface area contributed by atoms with Crippen molar-refractivity contribution in [2.45, 2.75) is 31.8 Å². The van der Waals surface area contributed by atoms with Crippen LogP contribution in [0.3, 0.4) is 0 Å². The fourth-order valence-corrected chi connectivity index (χ4v) is 2.12. The van der Waals surface area contributed by atoms with Crippen LogP contribution >= 0.6 is 0 Å². The number of hydrogen-bond acceptors (Lipinski definition) is 3. The van der Waals surface area contributed by atoms with Gasteiger partial charge in [0.2, 0.25) is 5.91 Å². The van der Waals surface area contributed by atoms with Crippen LogP contribution in [-0.4, -0.2) is 24.5 Å². The second-order valence-electron chi connectivity index (χ2n) is 5.05. The molecule has 5 N–H and O–H groups in total. The standard InChI is InChI=1S/C14H20N4O2/c1-9(15)10-3-2-4-11(7-10)18-14(20)16-8-12-5-6-13(19)17-12/h2-4,7,9,12H,5-6,8,15H2,1H3,(H,17,19)(H2,16,18,20). The van der Waals surface area contributed by atoms with Crippen LogP contribution in [0.25, 0.3) is 0 Å². The predicted octanol–water partition coefficient (Wildman–Crippen LogP) is 1.11. The van der Waals surface area contributed by atoms with Crippen LogP contribution in [0.1, 0.15) is 31.4 Å². The highest BCUT2D eigenvalue weighted by Crippen LogP contribution is 2.15. The van der Waals surface area contributed by atoms with E-state index in [2.05, 4.69) is 16.0 Å². The van der Waals surface area contributed by atoms with Crippen molar-refractivity contribution >= 4 is 17.6 Å². The molecule has 1 heterocycles. The van der Waals surface area contributed by atoms with Crippen LogP contribution in [0.4, 0.5) is 10.5 Å². The van der Waals surface area contributed by atoms with Crippen molar-refractivity contribution in [3.63, 3.8) is 0 Å². The molecule has 0 radical (unpaired) electrons. The summed E-state index contributed by atoms with van der Waals surface area (Å²) in [6.45, 7) is 2.33. The van der Waals surface area contributed by atoms with E-state index < -0.39 is 0 Å². The van der Waals surface area contributed by atoms with E-state index >= 15 is 0 Å². The first kappa shape index (κ1) is 14.3. The molecule has 1 saturated heterocycles. The van der Waals surface area contributed by atoms with Crippen LogP contribution in [0.5, 0.6) is 0 Å². The first-order chi connectivity index (χ1) is 9.54. The molecule has 2 atom stereocenters. The third-order valence-corrected chi connectivity index (χ3v) is 3.26. The summed E-state index contributed by atoms with van der Waals surface area (Å²) in [5, 5.41) is 8.30. The van der Waals surface area contributed by atoms with Gasteiger partial charge in [-0.3, -0.25) is 4.79 Å². The summed E-state index contributed by atoms with van der Waals surface area (Å²) < 4.78 is 0. The Morgan fingerprint density at radius 3 is 3.00 bits per heavy atom. The number of anilines is 1. The van der Waals surface area contributed by atoms with E-state index in [9.17, 15) is 9.59 Å². The lowest BCUT2D eigenvalue weighted by Gasteiger charge is -2.13. The van der Waals surface area contributed by atoms with Crippen LogP contribution in [-0.2, 0) is 4.79 Å². The molecular formula is C14H20N4O2. The molecule has 6 heteroatoms. The zero-order valence-electron chi connectivity index (χ0n) is 11.5. The Bertz CT molecular complexity index is 502. The van der Waals surface area contributed by atoms with E-state index in [0.29, 0.717) is 18.7 Å². The number of nitrogens with two attached hydrogens (primary N) is 1. The lowest BCUT2D eigenvalue weighted by Crippen LogP contribution is -2.40. The molecule has 0 spiro atoms. The Hall–Kier alpha value is -2.08. The molecule has 2 rings (SSSR count). The fourth-order valence-electron chi connectivity index (χ4n) is 2.12. The molecule has 6 nitrogen and oxygen atoms in total. The summed E-state index contributed by atoms with van der Waals surface area (Å²) in [6, 6.07) is 7.10. The van der Waals surface area contributed by atoms with Crippen molar-refractivity contribution in [1.82, 2.24) is 10.6 Å². The first-order valence-electron chi connectivity index (χ1n) is 6.74. The maximum Gasteiger partial charge on any atom is 0.319 e. The van der Waals surface area contributed by atoms with Crippen LogP contribution in [0, 0.1) is 0 Å². The Balaban J connectivity index is 1.82. The van der Waals surface area contributed by atoms with Gasteiger partial charge in [-0.05, 0) is 31.0 Å². The average molecular weight is 276 g/mol. The summed E-state index contributed by atoms with van der Waals surface area (Å²) in [7, 11) is 0. The van der Waals surface area contributed by atoms with Gasteiger partial charge in [-0.25, -0.2) is 4.79 Å². The van der Waals surface area contributed by atoms with Crippen molar-refractivity contribution in [2.75, 3.05) is 11.9 Å². The lowest BCUT2D eigenvalue weighted by atomic mass is 10.1. The highest BCUT2D eigenvalue weighted by molar-refractivity contribution is 5.89. The van der Waals surface area contributed by atoms with Crippen LogP contribution < -0.4 is 21.7 Å². The highest BCUT2D eigenvalue weighted by Gasteiger charge is 2.20. The van der Waals surface area contributed by atoms with Gasteiger partial charge < -0.3 is 21.7 Å². The first-order valence-corrected chi connectivity index (χ1v) is 6.74. The maximum atomic E-state index is 11.8. The van der Waals surface area contributed by atoms with Crippen molar-refractivity contribution in [3.05, 3.63) is 29.8 Å². The smallest absolute Gasteiger partial charge is 0.319 e. The quantitative estimate of drug-likeness (QED) is 0.663. The van der Waals surface area contributed by atoms with Crippen molar-refractivity contribution in [1.29, 1.82) is 0 Å². The van der Waals surface area contributed by atoms with Gasteiger partial charge in [0.05, 0.1) is 0 Å². The zero-order valence-corrected chi connectivity index (χ0v) is 11.5. The molecule has 3 amide bonds. The van der Waals surface area contributed by atoms with Gasteiger partial charge in [0.15, 0.2) is 0 Å². The molecule has 1 aliphatic heterocycles.